The van der Waals surface area contributed by atoms with Crippen molar-refractivity contribution in [3.8, 4) is 11.5 Å². The first-order valence-corrected chi connectivity index (χ1v) is 15.5. The third kappa shape index (κ3) is 7.67. The van der Waals surface area contributed by atoms with Crippen molar-refractivity contribution in [3.63, 3.8) is 0 Å². The van der Waals surface area contributed by atoms with E-state index in [-0.39, 0.29) is 22.9 Å². The largest absolute Gasteiger partial charge is 0.493 e. The lowest BCUT2D eigenvalue weighted by atomic mass is 10.1. The summed E-state index contributed by atoms with van der Waals surface area (Å²) in [7, 11) is -1.37. The smallest absolute Gasteiger partial charge is 0.264 e. The SMILES string of the molecule is CCCNC(=O)C(C)N(Cc1c(Cl)cccc1Cl)C(=O)CN(c1ccc(OC)c(OC)c1)S(=O)(=O)c1ccc(C)cc1. The maximum atomic E-state index is 14.1. The molecule has 3 aromatic rings. The Morgan fingerprint density at radius 3 is 2.14 bits per heavy atom. The summed E-state index contributed by atoms with van der Waals surface area (Å²) in [6, 6.07) is 14.8. The number of rotatable bonds is 13. The Bertz CT molecular complexity index is 1500. The fourth-order valence-corrected chi connectivity index (χ4v) is 6.10. The van der Waals surface area contributed by atoms with E-state index in [2.05, 4.69) is 5.32 Å². The number of aryl methyl sites for hydroxylation is 1. The monoisotopic (exact) mass is 635 g/mol. The van der Waals surface area contributed by atoms with Crippen LogP contribution >= 0.6 is 23.2 Å². The van der Waals surface area contributed by atoms with E-state index < -0.39 is 34.4 Å². The Labute approximate surface area is 257 Å². The molecule has 0 aliphatic rings. The van der Waals surface area contributed by atoms with Crippen LogP contribution in [-0.4, -0.2) is 58.5 Å². The first-order valence-electron chi connectivity index (χ1n) is 13.3. The molecule has 0 aliphatic carbocycles. The quantitative estimate of drug-likeness (QED) is 0.267. The lowest BCUT2D eigenvalue weighted by Crippen LogP contribution is -2.51. The number of benzene rings is 3. The highest BCUT2D eigenvalue weighted by atomic mass is 35.5. The number of nitrogens with zero attached hydrogens (tertiary/aromatic N) is 2. The molecule has 0 saturated heterocycles. The van der Waals surface area contributed by atoms with Crippen molar-refractivity contribution in [2.24, 2.45) is 0 Å². The first kappa shape index (κ1) is 33.0. The number of ether oxygens (including phenoxy) is 2. The standard InChI is InChI=1S/C30H35Cl2N3O6S/c1-6-16-33-30(37)21(3)34(18-24-25(31)8-7-9-26(24)32)29(36)19-35(22-12-15-27(40-4)28(17-22)41-5)42(38,39)23-13-10-20(2)11-14-23/h7-15,17,21H,6,16,18-19H2,1-5H3,(H,33,37). The van der Waals surface area contributed by atoms with Crippen molar-refractivity contribution in [1.82, 2.24) is 10.2 Å². The van der Waals surface area contributed by atoms with Gasteiger partial charge in [-0.05, 0) is 56.7 Å². The van der Waals surface area contributed by atoms with Crippen molar-refractivity contribution in [2.75, 3.05) is 31.6 Å². The summed E-state index contributed by atoms with van der Waals surface area (Å²) in [5.41, 5.74) is 1.47. The molecule has 12 heteroatoms. The second-order valence-electron chi connectivity index (χ2n) is 9.55. The highest BCUT2D eigenvalue weighted by Gasteiger charge is 2.33. The second-order valence-corrected chi connectivity index (χ2v) is 12.2. The van der Waals surface area contributed by atoms with Gasteiger partial charge in [0.2, 0.25) is 11.8 Å². The third-order valence-corrected chi connectivity index (χ3v) is 9.15. The van der Waals surface area contributed by atoms with Gasteiger partial charge in [0.05, 0.1) is 24.8 Å². The summed E-state index contributed by atoms with van der Waals surface area (Å²) in [4.78, 5) is 28.4. The minimum absolute atomic E-state index is 0.00915. The molecular weight excluding hydrogens is 601 g/mol. The van der Waals surface area contributed by atoms with Crippen LogP contribution in [0.4, 0.5) is 5.69 Å². The van der Waals surface area contributed by atoms with Crippen LogP contribution < -0.4 is 19.1 Å². The van der Waals surface area contributed by atoms with Crippen LogP contribution in [0.1, 0.15) is 31.4 Å². The molecule has 1 N–H and O–H groups in total. The van der Waals surface area contributed by atoms with Gasteiger partial charge in [-0.1, -0.05) is 53.9 Å². The Hall–Kier alpha value is -3.47. The van der Waals surface area contributed by atoms with Crippen LogP contribution in [0.2, 0.25) is 10.0 Å². The number of amides is 2. The predicted molar refractivity (Wildman–Crippen MR) is 165 cm³/mol. The Morgan fingerprint density at radius 2 is 1.57 bits per heavy atom. The lowest BCUT2D eigenvalue weighted by Gasteiger charge is -2.32. The van der Waals surface area contributed by atoms with Crippen molar-refractivity contribution < 1.29 is 27.5 Å². The van der Waals surface area contributed by atoms with Crippen molar-refractivity contribution in [1.29, 1.82) is 0 Å². The lowest BCUT2D eigenvalue weighted by molar-refractivity contribution is -0.139. The Kier molecular flexibility index (Phi) is 11.5. The number of carbonyl (C=O) groups excluding carboxylic acids is 2. The first-order chi connectivity index (χ1) is 19.9. The zero-order chi connectivity index (χ0) is 31.0. The molecule has 42 heavy (non-hydrogen) atoms. The van der Waals surface area contributed by atoms with Crippen LogP contribution in [0.25, 0.3) is 0 Å². The van der Waals surface area contributed by atoms with Gasteiger partial charge >= 0.3 is 0 Å². The van der Waals surface area contributed by atoms with Crippen molar-refractivity contribution >= 4 is 50.7 Å². The van der Waals surface area contributed by atoms with E-state index >= 15 is 0 Å². The van der Waals surface area contributed by atoms with Gasteiger partial charge in [0.15, 0.2) is 11.5 Å². The van der Waals surface area contributed by atoms with Crippen molar-refractivity contribution in [3.05, 3.63) is 81.8 Å². The number of anilines is 1. The normalized spacial score (nSPS) is 11.9. The molecule has 0 radical (unpaired) electrons. The molecule has 0 aliphatic heterocycles. The number of carbonyl (C=O) groups is 2. The number of methoxy groups -OCH3 is 2. The third-order valence-electron chi connectivity index (χ3n) is 6.65. The van der Waals surface area contributed by atoms with E-state index in [4.69, 9.17) is 32.7 Å². The van der Waals surface area contributed by atoms with Gasteiger partial charge in [0.1, 0.15) is 12.6 Å². The maximum Gasteiger partial charge on any atom is 0.264 e. The zero-order valence-corrected chi connectivity index (χ0v) is 26.5. The summed E-state index contributed by atoms with van der Waals surface area (Å²) in [5, 5.41) is 3.42. The average Bonchev–Trinajstić information content (AvgIpc) is 2.97. The molecule has 0 fully saturated rings. The number of halogens is 2. The van der Waals surface area contributed by atoms with Gasteiger partial charge in [-0.15, -0.1) is 0 Å². The predicted octanol–water partition coefficient (Wildman–Crippen LogP) is 5.46. The van der Waals surface area contributed by atoms with Gasteiger partial charge in [-0.25, -0.2) is 8.42 Å². The van der Waals surface area contributed by atoms with Crippen LogP contribution in [0.15, 0.2) is 65.6 Å². The molecule has 3 aromatic carbocycles. The topological polar surface area (TPSA) is 105 Å². The molecule has 1 unspecified atom stereocenters. The zero-order valence-electron chi connectivity index (χ0n) is 24.2. The van der Waals surface area contributed by atoms with Crippen molar-refractivity contribution in [2.45, 2.75) is 44.7 Å². The van der Waals surface area contributed by atoms with Crippen LogP contribution in [-0.2, 0) is 26.2 Å². The number of nitrogens with one attached hydrogen (secondary N) is 1. The van der Waals surface area contributed by atoms with Crippen LogP contribution in [0.3, 0.4) is 0 Å². The van der Waals surface area contributed by atoms with E-state index in [1.807, 2.05) is 13.8 Å². The fourth-order valence-electron chi connectivity index (χ4n) is 4.18. The van der Waals surface area contributed by atoms with Crippen LogP contribution in [0.5, 0.6) is 11.5 Å². The van der Waals surface area contributed by atoms with Gasteiger partial charge in [0, 0.05) is 34.8 Å². The average molecular weight is 637 g/mol. The molecule has 0 heterocycles. The van der Waals surface area contributed by atoms with E-state index in [1.54, 1.807) is 43.3 Å². The minimum atomic E-state index is -4.26. The fraction of sp³-hybridized carbons (Fsp3) is 0.333. The molecule has 226 valence electrons. The summed E-state index contributed by atoms with van der Waals surface area (Å²) >= 11 is 12.8. The van der Waals surface area contributed by atoms with Gasteiger partial charge in [-0.2, -0.15) is 0 Å². The molecule has 0 spiro atoms. The molecular formula is C30H35Cl2N3O6S. The molecule has 1 atom stereocenters. The van der Waals surface area contributed by atoms with Gasteiger partial charge in [0.25, 0.3) is 10.0 Å². The number of hydrogen-bond acceptors (Lipinski definition) is 6. The number of sulfonamides is 1. The molecule has 0 saturated carbocycles. The van der Waals surface area contributed by atoms with E-state index in [1.165, 1.54) is 43.4 Å². The van der Waals surface area contributed by atoms with E-state index in [0.717, 1.165) is 9.87 Å². The number of hydrogen-bond donors (Lipinski definition) is 1. The highest BCUT2D eigenvalue weighted by Crippen LogP contribution is 2.34. The molecule has 0 aromatic heterocycles. The highest BCUT2D eigenvalue weighted by molar-refractivity contribution is 7.92. The molecule has 0 bridgehead atoms. The summed E-state index contributed by atoms with van der Waals surface area (Å²) in [6.07, 6.45) is 0.699. The second kappa shape index (κ2) is 14.6. The van der Waals surface area contributed by atoms with E-state index in [9.17, 15) is 18.0 Å². The Morgan fingerprint density at radius 1 is 0.952 bits per heavy atom. The summed E-state index contributed by atoms with van der Waals surface area (Å²) in [5.74, 6) is -0.377. The van der Waals surface area contributed by atoms with Gasteiger partial charge < -0.3 is 19.7 Å². The van der Waals surface area contributed by atoms with Gasteiger partial charge in [-0.3, -0.25) is 13.9 Å². The Balaban J connectivity index is 2.11. The summed E-state index contributed by atoms with van der Waals surface area (Å²) in [6.45, 7) is 4.99. The molecule has 9 nitrogen and oxygen atoms in total. The molecule has 3 rings (SSSR count). The maximum absolute atomic E-state index is 14.1. The minimum Gasteiger partial charge on any atom is -0.493 e. The summed E-state index contributed by atoms with van der Waals surface area (Å²) < 4.78 is 39.8. The van der Waals surface area contributed by atoms with Crippen LogP contribution in [0, 0.1) is 6.92 Å². The molecule has 2 amide bonds. The van der Waals surface area contributed by atoms with E-state index in [0.29, 0.717) is 34.3 Å².